The molecule has 0 unspecified atom stereocenters. The lowest BCUT2D eigenvalue weighted by Gasteiger charge is -2.19. The second-order valence-electron chi connectivity index (χ2n) is 5.70. The minimum atomic E-state index is -0.563. The van der Waals surface area contributed by atoms with Crippen LogP contribution in [0.3, 0.4) is 0 Å². The normalized spacial score (nSPS) is 16.2. The number of carbonyl (C=O) groups is 1. The lowest BCUT2D eigenvalue weighted by Crippen LogP contribution is -2.36. The van der Waals surface area contributed by atoms with E-state index in [9.17, 15) is 14.4 Å². The maximum Gasteiger partial charge on any atom is 0.328 e. The zero-order chi connectivity index (χ0) is 15.8. The summed E-state index contributed by atoms with van der Waals surface area (Å²) in [5.41, 5.74) is -1.02. The van der Waals surface area contributed by atoms with Crippen LogP contribution in [0.15, 0.2) is 21.9 Å². The minimum absolute atomic E-state index is 0.0701. The largest absolute Gasteiger partial charge is 0.354 e. The average Bonchev–Trinajstić information content (AvgIpc) is 2.75. The quantitative estimate of drug-likeness (QED) is 0.720. The third-order valence-electron chi connectivity index (χ3n) is 3.88. The van der Waals surface area contributed by atoms with Gasteiger partial charge in [0.15, 0.2) is 0 Å². The molecule has 1 fully saturated rings. The number of amides is 1. The number of nitrogens with one attached hydrogen (secondary N) is 2. The molecule has 2 N–H and O–H groups in total. The van der Waals surface area contributed by atoms with E-state index in [4.69, 9.17) is 0 Å². The lowest BCUT2D eigenvalue weighted by atomic mass is 10.2. The Morgan fingerprint density at radius 1 is 1.18 bits per heavy atom. The van der Waals surface area contributed by atoms with E-state index in [0.29, 0.717) is 6.54 Å². The van der Waals surface area contributed by atoms with Crippen LogP contribution in [-0.4, -0.2) is 46.5 Å². The van der Waals surface area contributed by atoms with E-state index in [2.05, 4.69) is 15.2 Å². The summed E-state index contributed by atoms with van der Waals surface area (Å²) in [7, 11) is 0. The van der Waals surface area contributed by atoms with Gasteiger partial charge in [-0.3, -0.25) is 19.1 Å². The average molecular weight is 308 g/mol. The van der Waals surface area contributed by atoms with Gasteiger partial charge in [0.2, 0.25) is 5.91 Å². The van der Waals surface area contributed by atoms with Crippen LogP contribution in [0.5, 0.6) is 0 Å². The predicted molar refractivity (Wildman–Crippen MR) is 83.9 cm³/mol. The fraction of sp³-hybridized carbons (Fsp3) is 0.667. The number of hydrogen-bond donors (Lipinski definition) is 2. The van der Waals surface area contributed by atoms with E-state index >= 15 is 0 Å². The summed E-state index contributed by atoms with van der Waals surface area (Å²) in [4.78, 5) is 38.8. The first kappa shape index (κ1) is 16.5. The van der Waals surface area contributed by atoms with E-state index in [0.717, 1.165) is 26.1 Å². The van der Waals surface area contributed by atoms with Crippen molar-refractivity contribution in [3.8, 4) is 0 Å². The van der Waals surface area contributed by atoms with Crippen molar-refractivity contribution < 1.29 is 4.79 Å². The number of aromatic nitrogens is 2. The number of nitrogens with zero attached hydrogens (tertiary/aromatic N) is 2. The molecule has 0 aromatic carbocycles. The van der Waals surface area contributed by atoms with Crippen molar-refractivity contribution in [1.29, 1.82) is 0 Å². The van der Waals surface area contributed by atoms with Crippen LogP contribution >= 0.6 is 0 Å². The molecule has 1 amide bonds. The first-order valence-electron chi connectivity index (χ1n) is 7.94. The summed E-state index contributed by atoms with van der Waals surface area (Å²) in [6, 6.07) is 1.23. The highest BCUT2D eigenvalue weighted by atomic mass is 16.2. The van der Waals surface area contributed by atoms with Crippen molar-refractivity contribution in [2.75, 3.05) is 26.2 Å². The molecule has 1 aliphatic rings. The van der Waals surface area contributed by atoms with Gasteiger partial charge >= 0.3 is 5.69 Å². The highest BCUT2D eigenvalue weighted by Crippen LogP contribution is 2.09. The molecule has 7 nitrogen and oxygen atoms in total. The molecule has 122 valence electrons. The SMILES string of the molecule is O=C(Cn1ccc(=O)[nH]c1=O)NCCCN1CCCCCC1. The molecule has 1 aliphatic heterocycles. The maximum absolute atomic E-state index is 11.8. The van der Waals surface area contributed by atoms with Gasteiger partial charge in [0.05, 0.1) is 0 Å². The van der Waals surface area contributed by atoms with Crippen LogP contribution in [0.25, 0.3) is 0 Å². The fourth-order valence-electron chi connectivity index (χ4n) is 2.67. The Balaban J connectivity index is 1.67. The molecule has 1 aromatic rings. The number of H-pyrrole nitrogens is 1. The number of carbonyl (C=O) groups excluding carboxylic acids is 1. The Hall–Kier alpha value is -1.89. The molecular formula is C15H24N4O3. The summed E-state index contributed by atoms with van der Waals surface area (Å²) in [5, 5.41) is 2.81. The highest BCUT2D eigenvalue weighted by Gasteiger charge is 2.09. The summed E-state index contributed by atoms with van der Waals surface area (Å²) < 4.78 is 1.19. The topological polar surface area (TPSA) is 87.2 Å². The molecule has 1 aromatic heterocycles. The molecule has 0 radical (unpaired) electrons. The monoisotopic (exact) mass is 308 g/mol. The molecule has 0 bridgehead atoms. The summed E-state index contributed by atoms with van der Waals surface area (Å²) in [6.07, 6.45) is 7.41. The van der Waals surface area contributed by atoms with Crippen LogP contribution in [0.1, 0.15) is 32.1 Å². The molecular weight excluding hydrogens is 284 g/mol. The third kappa shape index (κ3) is 5.48. The molecule has 2 rings (SSSR count). The van der Waals surface area contributed by atoms with Gasteiger partial charge in [0, 0.05) is 18.8 Å². The first-order chi connectivity index (χ1) is 10.6. The summed E-state index contributed by atoms with van der Waals surface area (Å²) >= 11 is 0. The van der Waals surface area contributed by atoms with Crippen LogP contribution in [0, 0.1) is 0 Å². The number of aromatic amines is 1. The molecule has 2 heterocycles. The van der Waals surface area contributed by atoms with Crippen LogP contribution in [-0.2, 0) is 11.3 Å². The highest BCUT2D eigenvalue weighted by molar-refractivity contribution is 5.75. The Labute approximate surface area is 129 Å². The van der Waals surface area contributed by atoms with Gasteiger partial charge in [0.1, 0.15) is 6.54 Å². The van der Waals surface area contributed by atoms with Gasteiger partial charge in [-0.2, -0.15) is 0 Å². The minimum Gasteiger partial charge on any atom is -0.354 e. The Kier molecular flexibility index (Phi) is 6.39. The molecule has 7 heteroatoms. The van der Waals surface area contributed by atoms with Crippen molar-refractivity contribution >= 4 is 5.91 Å². The number of likely N-dealkylation sites (tertiary alicyclic amines) is 1. The molecule has 0 aliphatic carbocycles. The number of hydrogen-bond acceptors (Lipinski definition) is 4. The second kappa shape index (κ2) is 8.53. The van der Waals surface area contributed by atoms with Crippen LogP contribution in [0.4, 0.5) is 0 Å². The summed E-state index contributed by atoms with van der Waals surface area (Å²) in [6.45, 7) is 3.84. The van der Waals surface area contributed by atoms with Crippen molar-refractivity contribution in [3.05, 3.63) is 33.1 Å². The number of rotatable bonds is 6. The summed E-state index contributed by atoms with van der Waals surface area (Å²) in [5.74, 6) is -0.218. The zero-order valence-corrected chi connectivity index (χ0v) is 12.8. The molecule has 0 saturated carbocycles. The van der Waals surface area contributed by atoms with Crippen molar-refractivity contribution in [3.63, 3.8) is 0 Å². The molecule has 22 heavy (non-hydrogen) atoms. The Morgan fingerprint density at radius 3 is 2.59 bits per heavy atom. The first-order valence-corrected chi connectivity index (χ1v) is 7.94. The van der Waals surface area contributed by atoms with Gasteiger partial charge in [-0.05, 0) is 38.9 Å². The van der Waals surface area contributed by atoms with Gasteiger partial charge in [-0.1, -0.05) is 12.8 Å². The van der Waals surface area contributed by atoms with Gasteiger partial charge < -0.3 is 10.2 Å². The lowest BCUT2D eigenvalue weighted by molar-refractivity contribution is -0.121. The third-order valence-corrected chi connectivity index (χ3v) is 3.88. The predicted octanol–water partition coefficient (Wildman–Crippen LogP) is -0.0811. The zero-order valence-electron chi connectivity index (χ0n) is 12.8. The van der Waals surface area contributed by atoms with Crippen molar-refractivity contribution in [2.45, 2.75) is 38.6 Å². The standard InChI is InChI=1S/C15H24N4O3/c20-13-6-11-19(15(22)17-13)12-14(21)16-7-5-10-18-8-3-1-2-4-9-18/h6,11H,1-5,7-10,12H2,(H,16,21)(H,17,20,22). The Morgan fingerprint density at radius 2 is 1.91 bits per heavy atom. The Bertz CT molecular complexity index is 585. The van der Waals surface area contributed by atoms with Gasteiger partial charge in [-0.15, -0.1) is 0 Å². The van der Waals surface area contributed by atoms with E-state index in [1.54, 1.807) is 0 Å². The smallest absolute Gasteiger partial charge is 0.328 e. The van der Waals surface area contributed by atoms with Gasteiger partial charge in [0.25, 0.3) is 5.56 Å². The van der Waals surface area contributed by atoms with Crippen LogP contribution < -0.4 is 16.6 Å². The maximum atomic E-state index is 11.8. The van der Waals surface area contributed by atoms with E-state index in [1.165, 1.54) is 42.5 Å². The fourth-order valence-corrected chi connectivity index (χ4v) is 2.67. The van der Waals surface area contributed by atoms with E-state index < -0.39 is 11.2 Å². The second-order valence-corrected chi connectivity index (χ2v) is 5.70. The van der Waals surface area contributed by atoms with Crippen molar-refractivity contribution in [1.82, 2.24) is 19.8 Å². The van der Waals surface area contributed by atoms with Crippen molar-refractivity contribution in [2.24, 2.45) is 0 Å². The molecule has 1 saturated heterocycles. The molecule has 0 atom stereocenters. The van der Waals surface area contributed by atoms with Gasteiger partial charge in [-0.25, -0.2) is 4.79 Å². The van der Waals surface area contributed by atoms with E-state index in [1.807, 2.05) is 0 Å². The van der Waals surface area contributed by atoms with Crippen LogP contribution in [0.2, 0.25) is 0 Å². The molecule has 0 spiro atoms. The van der Waals surface area contributed by atoms with E-state index in [-0.39, 0.29) is 12.5 Å².